The molecule has 2 aromatic rings. The number of ether oxygens (including phenoxy) is 2. The Morgan fingerprint density at radius 1 is 1.11 bits per heavy atom. The maximum absolute atomic E-state index is 14.1. The van der Waals surface area contributed by atoms with Crippen LogP contribution >= 0.6 is 21.6 Å². The third-order valence-electron chi connectivity index (χ3n) is 5.25. The number of hydrogen-bond donors (Lipinski definition) is 1. The van der Waals surface area contributed by atoms with Gasteiger partial charge < -0.3 is 9.47 Å². The molecule has 1 N–H and O–H groups in total. The summed E-state index contributed by atoms with van der Waals surface area (Å²) >= 11 is 0. The maximum Gasteiger partial charge on any atom is 0.414 e. The number of methoxy groups -OCH3 is 1. The number of hydrogen-bond acceptors (Lipinski definition) is 7. The van der Waals surface area contributed by atoms with Gasteiger partial charge in [-0.05, 0) is 70.7 Å². The first kappa shape index (κ1) is 27.2. The average Bonchev–Trinajstić information content (AvgIpc) is 3.06. The molecule has 0 fully saturated rings. The molecule has 10 heteroatoms. The zero-order chi connectivity index (χ0) is 25.4. The van der Waals surface area contributed by atoms with Crippen molar-refractivity contribution in [1.29, 1.82) is 0 Å². The molecule has 3 rings (SSSR count). The molecule has 0 bridgehead atoms. The number of allylic oxidation sites excluding steroid dienone is 2. The summed E-state index contributed by atoms with van der Waals surface area (Å²) < 4.78 is 35.7. The highest BCUT2D eigenvalue weighted by Gasteiger charge is 2.26. The largest absolute Gasteiger partial charge is 0.437 e. The van der Waals surface area contributed by atoms with Gasteiger partial charge in [0.25, 0.3) is 0 Å². The van der Waals surface area contributed by atoms with Crippen molar-refractivity contribution >= 4 is 61.6 Å². The van der Waals surface area contributed by atoms with Gasteiger partial charge in [-0.2, -0.15) is 0 Å². The van der Waals surface area contributed by atoms with Crippen LogP contribution in [0.2, 0.25) is 0 Å². The Balaban J connectivity index is 1.73. The van der Waals surface area contributed by atoms with Crippen LogP contribution in [0.25, 0.3) is 17.2 Å². The van der Waals surface area contributed by atoms with Crippen LogP contribution in [0.3, 0.4) is 0 Å². The quantitative estimate of drug-likeness (QED) is 0.244. The molecule has 0 saturated heterocycles. The number of nitrogens with one attached hydrogen (secondary N) is 1. The van der Waals surface area contributed by atoms with Gasteiger partial charge in [0.15, 0.2) is 0 Å². The van der Waals surface area contributed by atoms with E-state index in [1.807, 2.05) is 25.1 Å². The minimum Gasteiger partial charge on any atom is -0.437 e. The van der Waals surface area contributed by atoms with Gasteiger partial charge in [-0.3, -0.25) is 14.3 Å². The molecule has 1 unspecified atom stereocenters. The van der Waals surface area contributed by atoms with E-state index in [-0.39, 0.29) is 12.4 Å². The van der Waals surface area contributed by atoms with Gasteiger partial charge >= 0.3 is 6.09 Å². The number of carbonyl (C=O) groups excluding carboxylic acids is 2. The van der Waals surface area contributed by atoms with E-state index in [9.17, 15) is 18.2 Å². The molecule has 0 saturated carbocycles. The Labute approximate surface area is 214 Å². The van der Waals surface area contributed by atoms with E-state index < -0.39 is 28.6 Å². The van der Waals surface area contributed by atoms with Gasteiger partial charge in [-0.1, -0.05) is 39.8 Å². The van der Waals surface area contributed by atoms with Crippen LogP contribution in [0, 0.1) is 5.82 Å². The lowest BCUT2D eigenvalue weighted by molar-refractivity contribution is -0.119. The first-order valence-corrected chi connectivity index (χ1v) is 14.7. The fraction of sp³-hybridized carbons (Fsp3) is 0.280. The van der Waals surface area contributed by atoms with Crippen molar-refractivity contribution in [1.82, 2.24) is 5.32 Å². The Morgan fingerprint density at radius 3 is 2.54 bits per heavy atom. The molecule has 35 heavy (non-hydrogen) atoms. The van der Waals surface area contributed by atoms with E-state index in [4.69, 9.17) is 9.47 Å². The maximum atomic E-state index is 14.1. The van der Waals surface area contributed by atoms with E-state index in [1.165, 1.54) is 33.7 Å². The van der Waals surface area contributed by atoms with Gasteiger partial charge in [-0.25, -0.2) is 9.18 Å². The lowest BCUT2D eigenvalue weighted by Gasteiger charge is -2.08. The highest BCUT2D eigenvalue weighted by molar-refractivity contribution is 8.76. The summed E-state index contributed by atoms with van der Waals surface area (Å²) in [5.41, 5.74) is 4.64. The monoisotopic (exact) mass is 535 g/mol. The van der Waals surface area contributed by atoms with Crippen molar-refractivity contribution in [3.05, 3.63) is 70.5 Å². The number of halogens is 1. The summed E-state index contributed by atoms with van der Waals surface area (Å²) in [5, 5.41) is 2.23. The summed E-state index contributed by atoms with van der Waals surface area (Å²) in [6.07, 6.45) is 2.65. The topological polar surface area (TPSA) is 81.7 Å². The van der Waals surface area contributed by atoms with Gasteiger partial charge in [0.2, 0.25) is 5.91 Å². The summed E-state index contributed by atoms with van der Waals surface area (Å²) in [4.78, 5) is 25.3. The fourth-order valence-electron chi connectivity index (χ4n) is 3.55. The number of amides is 2. The van der Waals surface area contributed by atoms with E-state index in [2.05, 4.69) is 5.32 Å². The van der Waals surface area contributed by atoms with Gasteiger partial charge in [0.05, 0.1) is 13.0 Å². The minimum atomic E-state index is -1.07. The van der Waals surface area contributed by atoms with E-state index in [1.54, 1.807) is 31.6 Å². The molecule has 1 aliphatic carbocycles. The standard InChI is InChI=1S/C25H26FNO5S3/c1-16-21(12-17-4-7-19(8-5-17)35(3)30)20-9-6-18(26)13-23(20)22(16)14-24(28)27-25(29)32-15-34-33-11-10-31-2/h4-9,12-13H,10-11,14-15H2,1-3H3,(H,27,28,29)/b21-12-. The van der Waals surface area contributed by atoms with Gasteiger partial charge in [0.1, 0.15) is 11.8 Å². The van der Waals surface area contributed by atoms with Crippen molar-refractivity contribution < 1.29 is 27.7 Å². The minimum absolute atomic E-state index is 0.0978. The number of carbonyl (C=O) groups is 2. The van der Waals surface area contributed by atoms with E-state index in [0.29, 0.717) is 17.7 Å². The Hall–Kier alpha value is -2.40. The third-order valence-corrected chi connectivity index (χ3v) is 8.19. The lowest BCUT2D eigenvalue weighted by atomic mass is 10.0. The van der Waals surface area contributed by atoms with Crippen molar-refractivity contribution in [3.63, 3.8) is 0 Å². The number of alkyl carbamates (subject to hydrolysis) is 1. The Bertz CT molecular complexity index is 1180. The molecule has 1 atom stereocenters. The van der Waals surface area contributed by atoms with Gasteiger partial charge in [0, 0.05) is 34.8 Å². The first-order valence-electron chi connectivity index (χ1n) is 10.7. The second kappa shape index (κ2) is 13.1. The fourth-order valence-corrected chi connectivity index (χ4v) is 5.55. The molecule has 0 radical (unpaired) electrons. The van der Waals surface area contributed by atoms with Crippen molar-refractivity contribution in [2.75, 3.05) is 31.7 Å². The molecule has 0 aromatic heterocycles. The molecule has 0 heterocycles. The molecule has 186 valence electrons. The summed E-state index contributed by atoms with van der Waals surface area (Å²) in [7, 11) is 3.39. The second-order valence-electron chi connectivity index (χ2n) is 7.58. The number of imide groups is 1. The molecular weight excluding hydrogens is 509 g/mol. The van der Waals surface area contributed by atoms with Crippen molar-refractivity contribution in [2.45, 2.75) is 18.2 Å². The van der Waals surface area contributed by atoms with Crippen LogP contribution in [0.4, 0.5) is 9.18 Å². The van der Waals surface area contributed by atoms with E-state index >= 15 is 0 Å². The second-order valence-corrected chi connectivity index (χ2v) is 11.5. The van der Waals surface area contributed by atoms with Crippen LogP contribution in [0.1, 0.15) is 30.0 Å². The van der Waals surface area contributed by atoms with Gasteiger partial charge in [-0.15, -0.1) is 0 Å². The van der Waals surface area contributed by atoms with Crippen LogP contribution in [0.5, 0.6) is 0 Å². The number of benzene rings is 2. The smallest absolute Gasteiger partial charge is 0.414 e. The van der Waals surface area contributed by atoms with Crippen molar-refractivity contribution in [2.24, 2.45) is 0 Å². The zero-order valence-electron chi connectivity index (χ0n) is 19.6. The number of rotatable bonds is 10. The van der Waals surface area contributed by atoms with Crippen LogP contribution in [-0.4, -0.2) is 47.9 Å². The summed E-state index contributed by atoms with van der Waals surface area (Å²) in [5.74, 6) is -0.0897. The molecule has 0 spiro atoms. The molecular formula is C25H26FNO5S3. The molecule has 6 nitrogen and oxygen atoms in total. The third kappa shape index (κ3) is 7.54. The highest BCUT2D eigenvalue weighted by atomic mass is 33.1. The lowest BCUT2D eigenvalue weighted by Crippen LogP contribution is -2.30. The Morgan fingerprint density at radius 2 is 1.86 bits per heavy atom. The first-order chi connectivity index (χ1) is 16.8. The van der Waals surface area contributed by atoms with Crippen LogP contribution in [-0.2, 0) is 25.1 Å². The van der Waals surface area contributed by atoms with Crippen LogP contribution in [0.15, 0.2) is 52.9 Å². The van der Waals surface area contributed by atoms with Crippen molar-refractivity contribution in [3.8, 4) is 0 Å². The summed E-state index contributed by atoms with van der Waals surface area (Å²) in [6.45, 7) is 2.47. The average molecular weight is 536 g/mol. The molecule has 2 aromatic carbocycles. The highest BCUT2D eigenvalue weighted by Crippen LogP contribution is 2.43. The van der Waals surface area contributed by atoms with Crippen LogP contribution < -0.4 is 5.32 Å². The van der Waals surface area contributed by atoms with E-state index in [0.717, 1.165) is 32.9 Å². The molecule has 2 amide bonds. The Kier molecular flexibility index (Phi) is 10.1. The number of fused-ring (bicyclic) bond motifs is 1. The SMILES string of the molecule is COCCSSCOC(=O)NC(=O)CC1=C(C)/C(=C/c2ccc(S(C)=O)cc2)c2ccc(F)cc21. The predicted molar refractivity (Wildman–Crippen MR) is 142 cm³/mol. The molecule has 0 aliphatic heterocycles. The molecule has 1 aliphatic rings. The zero-order valence-corrected chi connectivity index (χ0v) is 22.0. The normalized spacial score (nSPS) is 14.7. The summed E-state index contributed by atoms with van der Waals surface area (Å²) in [6, 6.07) is 11.8. The predicted octanol–water partition coefficient (Wildman–Crippen LogP) is 5.52.